The van der Waals surface area contributed by atoms with Crippen LogP contribution in [0.25, 0.3) is 0 Å². The molecule has 6 heteroatoms. The molecule has 0 fully saturated rings. The van der Waals surface area contributed by atoms with E-state index < -0.39 is 0 Å². The number of nitrogens with zero attached hydrogens (tertiary/aromatic N) is 2. The highest BCUT2D eigenvalue weighted by Crippen LogP contribution is 2.07. The molecule has 1 aromatic heterocycles. The van der Waals surface area contributed by atoms with Gasteiger partial charge in [0, 0.05) is 26.2 Å². The fourth-order valence-electron chi connectivity index (χ4n) is 1.20. The molecular weight excluding hydrogens is 242 g/mol. The van der Waals surface area contributed by atoms with E-state index in [0.717, 1.165) is 0 Å². The molecule has 92 valence electrons. The van der Waals surface area contributed by atoms with E-state index in [0.29, 0.717) is 5.82 Å². The molecule has 0 spiro atoms. The van der Waals surface area contributed by atoms with Crippen LogP contribution in [-0.4, -0.2) is 36.3 Å². The van der Waals surface area contributed by atoms with E-state index in [2.05, 4.69) is 10.3 Å². The van der Waals surface area contributed by atoms with E-state index in [1.807, 2.05) is 0 Å². The van der Waals surface area contributed by atoms with Crippen LogP contribution in [0.4, 0.5) is 5.82 Å². The summed E-state index contributed by atoms with van der Waals surface area (Å²) in [5, 5.41) is 2.53. The van der Waals surface area contributed by atoms with Crippen LogP contribution in [0.5, 0.6) is 0 Å². The largest absolute Gasteiger partial charge is 0.355 e. The number of hydrogen-bond acceptors (Lipinski definition) is 3. The molecule has 0 aliphatic rings. The van der Waals surface area contributed by atoms with Crippen molar-refractivity contribution in [3.05, 3.63) is 24.4 Å². The highest BCUT2D eigenvalue weighted by Gasteiger charge is 2.11. The summed E-state index contributed by atoms with van der Waals surface area (Å²) in [5.41, 5.74) is 0. The number of nitrogens with one attached hydrogen (secondary N) is 1. The Morgan fingerprint density at radius 3 is 2.82 bits per heavy atom. The number of carbonyl (C=O) groups is 2. The van der Waals surface area contributed by atoms with Gasteiger partial charge in [-0.15, -0.1) is 11.6 Å². The van der Waals surface area contributed by atoms with Gasteiger partial charge in [-0.25, -0.2) is 4.98 Å². The Bertz CT molecular complexity index is 384. The normalized spacial score (nSPS) is 9.76. The van der Waals surface area contributed by atoms with Gasteiger partial charge in [-0.3, -0.25) is 14.5 Å². The molecule has 0 radical (unpaired) electrons. The molecule has 0 saturated carbocycles. The highest BCUT2D eigenvalue weighted by atomic mass is 35.5. The molecule has 0 aliphatic heterocycles. The Morgan fingerprint density at radius 2 is 2.24 bits per heavy atom. The Morgan fingerprint density at radius 1 is 1.47 bits per heavy atom. The zero-order valence-corrected chi connectivity index (χ0v) is 10.3. The molecular formula is C11H14ClN3O2. The molecule has 17 heavy (non-hydrogen) atoms. The van der Waals surface area contributed by atoms with Crippen molar-refractivity contribution in [2.45, 2.75) is 6.42 Å². The standard InChI is InChI=1S/C11H14ClN3O2/c1-15(9-4-2-3-6-13-9)11(17)5-7-14-10(16)8-12/h2-4,6H,5,7-8H2,1H3,(H,14,16). The lowest BCUT2D eigenvalue weighted by Gasteiger charge is -2.15. The summed E-state index contributed by atoms with van der Waals surface area (Å²) in [6, 6.07) is 5.33. The SMILES string of the molecule is CN(C(=O)CCNC(=O)CCl)c1ccccn1. The molecule has 0 aliphatic carbocycles. The van der Waals surface area contributed by atoms with Crippen LogP contribution in [0.1, 0.15) is 6.42 Å². The van der Waals surface area contributed by atoms with E-state index in [1.165, 1.54) is 4.90 Å². The third-order valence-corrected chi connectivity index (χ3v) is 2.39. The second kappa shape index (κ2) is 6.85. The summed E-state index contributed by atoms with van der Waals surface area (Å²) in [5.74, 6) is 0.101. The number of pyridine rings is 1. The van der Waals surface area contributed by atoms with Gasteiger partial charge in [0.05, 0.1) is 0 Å². The predicted octanol–water partition coefficient (Wildman–Crippen LogP) is 0.789. The van der Waals surface area contributed by atoms with Crippen molar-refractivity contribution in [3.8, 4) is 0 Å². The van der Waals surface area contributed by atoms with Crippen LogP contribution in [0, 0.1) is 0 Å². The first-order chi connectivity index (χ1) is 8.15. The van der Waals surface area contributed by atoms with Gasteiger partial charge in [-0.05, 0) is 12.1 Å². The average molecular weight is 256 g/mol. The smallest absolute Gasteiger partial charge is 0.234 e. The van der Waals surface area contributed by atoms with Crippen LogP contribution in [0.3, 0.4) is 0 Å². The van der Waals surface area contributed by atoms with Crippen molar-refractivity contribution in [1.82, 2.24) is 10.3 Å². The number of alkyl halides is 1. The Balaban J connectivity index is 2.40. The van der Waals surface area contributed by atoms with Crippen LogP contribution in [0.15, 0.2) is 24.4 Å². The monoisotopic (exact) mass is 255 g/mol. The van der Waals surface area contributed by atoms with E-state index in [-0.39, 0.29) is 30.7 Å². The number of carbonyl (C=O) groups excluding carboxylic acids is 2. The number of anilines is 1. The fraction of sp³-hybridized carbons (Fsp3) is 0.364. The summed E-state index contributed by atoms with van der Waals surface area (Å²) >= 11 is 5.31. The molecule has 0 bridgehead atoms. The number of hydrogen-bond donors (Lipinski definition) is 1. The molecule has 1 aromatic rings. The van der Waals surface area contributed by atoms with Crippen LogP contribution >= 0.6 is 11.6 Å². The molecule has 2 amide bonds. The Kier molecular flexibility index (Phi) is 5.42. The molecule has 1 N–H and O–H groups in total. The Hall–Kier alpha value is -1.62. The highest BCUT2D eigenvalue weighted by molar-refractivity contribution is 6.27. The third-order valence-electron chi connectivity index (χ3n) is 2.15. The number of aromatic nitrogens is 1. The molecule has 1 heterocycles. The van der Waals surface area contributed by atoms with Gasteiger partial charge in [-0.2, -0.15) is 0 Å². The second-order valence-electron chi connectivity index (χ2n) is 3.37. The van der Waals surface area contributed by atoms with Crippen molar-refractivity contribution in [2.24, 2.45) is 0 Å². The molecule has 5 nitrogen and oxygen atoms in total. The molecule has 0 aromatic carbocycles. The molecule has 1 rings (SSSR count). The van der Waals surface area contributed by atoms with Gasteiger partial charge >= 0.3 is 0 Å². The van der Waals surface area contributed by atoms with Gasteiger partial charge in [-0.1, -0.05) is 6.07 Å². The maximum atomic E-state index is 11.7. The van der Waals surface area contributed by atoms with Crippen molar-refractivity contribution in [2.75, 3.05) is 24.4 Å². The summed E-state index contributed by atoms with van der Waals surface area (Å²) in [7, 11) is 1.65. The van der Waals surface area contributed by atoms with Gasteiger partial charge in [0.25, 0.3) is 0 Å². The number of rotatable bonds is 5. The zero-order chi connectivity index (χ0) is 12.7. The maximum absolute atomic E-state index is 11.7. The van der Waals surface area contributed by atoms with E-state index >= 15 is 0 Å². The van der Waals surface area contributed by atoms with Gasteiger partial charge < -0.3 is 5.32 Å². The average Bonchev–Trinajstić information content (AvgIpc) is 2.38. The summed E-state index contributed by atoms with van der Waals surface area (Å²) < 4.78 is 0. The van der Waals surface area contributed by atoms with Gasteiger partial charge in [0.2, 0.25) is 11.8 Å². The number of halogens is 1. The van der Waals surface area contributed by atoms with Crippen LogP contribution in [-0.2, 0) is 9.59 Å². The minimum absolute atomic E-state index is 0.0930. The Labute approximate surface area is 105 Å². The first kappa shape index (κ1) is 13.4. The van der Waals surface area contributed by atoms with Gasteiger partial charge in [0.15, 0.2) is 0 Å². The molecule has 0 unspecified atom stereocenters. The van der Waals surface area contributed by atoms with Crippen LogP contribution < -0.4 is 10.2 Å². The predicted molar refractivity (Wildman–Crippen MR) is 66.0 cm³/mol. The lowest BCUT2D eigenvalue weighted by Crippen LogP contribution is -2.32. The summed E-state index contributed by atoms with van der Waals surface area (Å²) in [4.78, 5) is 28.1. The van der Waals surface area contributed by atoms with E-state index in [9.17, 15) is 9.59 Å². The fourth-order valence-corrected chi connectivity index (χ4v) is 1.30. The third kappa shape index (κ3) is 4.40. The van der Waals surface area contributed by atoms with Crippen LogP contribution in [0.2, 0.25) is 0 Å². The quantitative estimate of drug-likeness (QED) is 0.792. The number of amides is 2. The summed E-state index contributed by atoms with van der Waals surface area (Å²) in [6.07, 6.45) is 1.84. The first-order valence-corrected chi connectivity index (χ1v) is 5.69. The van der Waals surface area contributed by atoms with Crippen molar-refractivity contribution < 1.29 is 9.59 Å². The van der Waals surface area contributed by atoms with E-state index in [4.69, 9.17) is 11.6 Å². The first-order valence-electron chi connectivity index (χ1n) is 5.15. The van der Waals surface area contributed by atoms with Crippen molar-refractivity contribution in [1.29, 1.82) is 0 Å². The summed E-state index contributed by atoms with van der Waals surface area (Å²) in [6.45, 7) is 0.279. The topological polar surface area (TPSA) is 62.3 Å². The second-order valence-corrected chi connectivity index (χ2v) is 3.64. The minimum atomic E-state index is -0.278. The maximum Gasteiger partial charge on any atom is 0.234 e. The molecule has 0 atom stereocenters. The van der Waals surface area contributed by atoms with Crippen molar-refractivity contribution in [3.63, 3.8) is 0 Å². The van der Waals surface area contributed by atoms with E-state index in [1.54, 1.807) is 31.4 Å². The minimum Gasteiger partial charge on any atom is -0.355 e. The lowest BCUT2D eigenvalue weighted by atomic mass is 10.3. The lowest BCUT2D eigenvalue weighted by molar-refractivity contribution is -0.119. The van der Waals surface area contributed by atoms with Crippen molar-refractivity contribution >= 4 is 29.2 Å². The van der Waals surface area contributed by atoms with Gasteiger partial charge in [0.1, 0.15) is 11.7 Å². The zero-order valence-electron chi connectivity index (χ0n) is 9.52. The molecule has 0 saturated heterocycles.